The molecule has 0 amide bonds. The number of ether oxygens (including phenoxy) is 1. The molecule has 0 radical (unpaired) electrons. The lowest BCUT2D eigenvalue weighted by Gasteiger charge is -2.10. The molecule has 0 fully saturated rings. The van der Waals surface area contributed by atoms with Crippen LogP contribution in [0.3, 0.4) is 0 Å². The number of hydrogen-bond acceptors (Lipinski definition) is 7. The van der Waals surface area contributed by atoms with E-state index in [2.05, 4.69) is 25.4 Å². The number of aryl methyl sites for hydroxylation is 1. The number of aromatic nitrogens is 4. The van der Waals surface area contributed by atoms with Gasteiger partial charge in [-0.25, -0.2) is 9.97 Å². The van der Waals surface area contributed by atoms with Crippen LogP contribution < -0.4 is 5.32 Å². The second-order valence-electron chi connectivity index (χ2n) is 5.50. The van der Waals surface area contributed by atoms with Gasteiger partial charge in [-0.3, -0.25) is 4.98 Å². The molecule has 0 aliphatic carbocycles. The molecule has 0 aliphatic rings. The van der Waals surface area contributed by atoms with Gasteiger partial charge in [-0.1, -0.05) is 5.16 Å². The third kappa shape index (κ3) is 4.39. The maximum Gasteiger partial charge on any atom is 0.223 e. The first-order valence-corrected chi connectivity index (χ1v) is 8.30. The van der Waals surface area contributed by atoms with Crippen LogP contribution in [0.5, 0.6) is 0 Å². The highest BCUT2D eigenvalue weighted by molar-refractivity contribution is 5.78. The molecule has 0 aromatic carbocycles. The van der Waals surface area contributed by atoms with Crippen LogP contribution >= 0.6 is 0 Å². The Morgan fingerprint density at radius 1 is 1.24 bits per heavy atom. The summed E-state index contributed by atoms with van der Waals surface area (Å²) in [6.45, 7) is 6.07. The number of nitrogens with zero attached hydrogens (tertiary/aromatic N) is 4. The lowest BCUT2D eigenvalue weighted by atomic mass is 10.1. The molecule has 0 saturated heterocycles. The highest BCUT2D eigenvalue weighted by Gasteiger charge is 2.15. The van der Waals surface area contributed by atoms with Crippen molar-refractivity contribution in [2.45, 2.75) is 20.3 Å². The van der Waals surface area contributed by atoms with Gasteiger partial charge in [0, 0.05) is 50.0 Å². The summed E-state index contributed by atoms with van der Waals surface area (Å²) < 4.78 is 10.7. The molecule has 0 bridgehead atoms. The van der Waals surface area contributed by atoms with Gasteiger partial charge in [-0.2, -0.15) is 0 Å². The van der Waals surface area contributed by atoms with Gasteiger partial charge in [-0.05, 0) is 32.4 Å². The van der Waals surface area contributed by atoms with E-state index in [1.54, 1.807) is 18.6 Å². The monoisotopic (exact) mass is 339 g/mol. The van der Waals surface area contributed by atoms with Crippen molar-refractivity contribution in [1.82, 2.24) is 20.1 Å². The number of hydrogen-bond donors (Lipinski definition) is 1. The van der Waals surface area contributed by atoms with Crippen molar-refractivity contribution in [2.75, 3.05) is 25.1 Å². The van der Waals surface area contributed by atoms with Gasteiger partial charge in [-0.15, -0.1) is 0 Å². The Morgan fingerprint density at radius 2 is 2.08 bits per heavy atom. The van der Waals surface area contributed by atoms with Gasteiger partial charge >= 0.3 is 0 Å². The maximum absolute atomic E-state index is 5.40. The Kier molecular flexibility index (Phi) is 5.69. The van der Waals surface area contributed by atoms with Gasteiger partial charge < -0.3 is 14.6 Å². The average Bonchev–Trinajstić information content (AvgIpc) is 3.08. The van der Waals surface area contributed by atoms with Crippen molar-refractivity contribution in [3.8, 4) is 22.6 Å². The van der Waals surface area contributed by atoms with E-state index in [0.717, 1.165) is 48.7 Å². The minimum atomic E-state index is 0.572. The lowest BCUT2D eigenvalue weighted by molar-refractivity contribution is 0.147. The van der Waals surface area contributed by atoms with Gasteiger partial charge in [0.05, 0.1) is 17.0 Å². The van der Waals surface area contributed by atoms with Gasteiger partial charge in [0.1, 0.15) is 0 Å². The smallest absolute Gasteiger partial charge is 0.223 e. The molecule has 0 aliphatic heterocycles. The van der Waals surface area contributed by atoms with Crippen molar-refractivity contribution >= 4 is 5.95 Å². The van der Waals surface area contributed by atoms with Crippen LogP contribution in [-0.2, 0) is 4.74 Å². The molecule has 25 heavy (non-hydrogen) atoms. The third-order valence-corrected chi connectivity index (χ3v) is 3.59. The Balaban J connectivity index is 1.86. The van der Waals surface area contributed by atoms with Crippen molar-refractivity contribution in [1.29, 1.82) is 0 Å². The second-order valence-corrected chi connectivity index (χ2v) is 5.50. The van der Waals surface area contributed by atoms with Crippen LogP contribution in [0.15, 0.2) is 41.3 Å². The zero-order chi connectivity index (χ0) is 17.5. The van der Waals surface area contributed by atoms with E-state index in [-0.39, 0.29) is 0 Å². The standard InChI is InChI=1S/C18H21N5O2/c1-3-24-10-4-7-20-18-21-12-15(16-11-13(2)23-25-16)17(22-18)14-5-8-19-9-6-14/h5-6,8-9,11-12H,3-4,7,10H2,1-2H3,(H,20,21,22). The van der Waals surface area contributed by atoms with E-state index in [4.69, 9.17) is 9.26 Å². The lowest BCUT2D eigenvalue weighted by Crippen LogP contribution is -2.09. The molecule has 130 valence electrons. The fraction of sp³-hybridized carbons (Fsp3) is 0.333. The van der Waals surface area contributed by atoms with Crippen LogP contribution in [0.1, 0.15) is 19.0 Å². The maximum atomic E-state index is 5.40. The SMILES string of the molecule is CCOCCCNc1ncc(-c2cc(C)no2)c(-c2ccncc2)n1. The Bertz CT molecular complexity index is 804. The van der Waals surface area contributed by atoms with Crippen LogP contribution in [0.4, 0.5) is 5.95 Å². The quantitative estimate of drug-likeness (QED) is 0.630. The molecule has 0 spiro atoms. The first kappa shape index (κ1) is 17.0. The summed E-state index contributed by atoms with van der Waals surface area (Å²) >= 11 is 0. The Hall–Kier alpha value is -2.80. The van der Waals surface area contributed by atoms with Gasteiger partial charge in [0.25, 0.3) is 0 Å². The number of rotatable bonds is 8. The van der Waals surface area contributed by atoms with Crippen LogP contribution in [0, 0.1) is 6.92 Å². The number of pyridine rings is 1. The first-order chi connectivity index (χ1) is 12.3. The van der Waals surface area contributed by atoms with E-state index in [1.807, 2.05) is 32.0 Å². The molecule has 7 heteroatoms. The molecule has 3 aromatic rings. The summed E-state index contributed by atoms with van der Waals surface area (Å²) in [6, 6.07) is 5.69. The minimum absolute atomic E-state index is 0.572. The molecule has 0 atom stereocenters. The fourth-order valence-electron chi connectivity index (χ4n) is 2.39. The third-order valence-electron chi connectivity index (χ3n) is 3.59. The van der Waals surface area contributed by atoms with Crippen LogP contribution in [0.25, 0.3) is 22.6 Å². The van der Waals surface area contributed by atoms with Crippen molar-refractivity contribution in [3.05, 3.63) is 42.5 Å². The predicted molar refractivity (Wildman–Crippen MR) is 95.1 cm³/mol. The van der Waals surface area contributed by atoms with E-state index in [1.165, 1.54) is 0 Å². The van der Waals surface area contributed by atoms with E-state index in [9.17, 15) is 0 Å². The Labute approximate surface area is 146 Å². The predicted octanol–water partition coefficient (Wildman–Crippen LogP) is 3.34. The van der Waals surface area contributed by atoms with Crippen molar-refractivity contribution in [3.63, 3.8) is 0 Å². The normalized spacial score (nSPS) is 10.8. The molecular formula is C18H21N5O2. The number of anilines is 1. The molecule has 3 heterocycles. The summed E-state index contributed by atoms with van der Waals surface area (Å²) in [5.41, 5.74) is 3.33. The summed E-state index contributed by atoms with van der Waals surface area (Å²) in [7, 11) is 0. The van der Waals surface area contributed by atoms with Crippen molar-refractivity contribution < 1.29 is 9.26 Å². The number of nitrogens with one attached hydrogen (secondary N) is 1. The van der Waals surface area contributed by atoms with Crippen LogP contribution in [0.2, 0.25) is 0 Å². The Morgan fingerprint density at radius 3 is 2.80 bits per heavy atom. The minimum Gasteiger partial charge on any atom is -0.382 e. The average molecular weight is 339 g/mol. The highest BCUT2D eigenvalue weighted by Crippen LogP contribution is 2.30. The molecule has 1 N–H and O–H groups in total. The summed E-state index contributed by atoms with van der Waals surface area (Å²) in [6.07, 6.45) is 6.13. The zero-order valence-corrected chi connectivity index (χ0v) is 14.4. The van der Waals surface area contributed by atoms with Crippen LogP contribution in [-0.4, -0.2) is 39.9 Å². The molecule has 3 rings (SSSR count). The second kappa shape index (κ2) is 8.34. The molecule has 7 nitrogen and oxygen atoms in total. The largest absolute Gasteiger partial charge is 0.382 e. The van der Waals surface area contributed by atoms with E-state index >= 15 is 0 Å². The van der Waals surface area contributed by atoms with Crippen molar-refractivity contribution in [2.24, 2.45) is 0 Å². The highest BCUT2D eigenvalue weighted by atomic mass is 16.5. The fourth-order valence-corrected chi connectivity index (χ4v) is 2.39. The first-order valence-electron chi connectivity index (χ1n) is 8.30. The topological polar surface area (TPSA) is 86.0 Å². The summed E-state index contributed by atoms with van der Waals surface area (Å²) in [4.78, 5) is 13.1. The molecule has 0 unspecified atom stereocenters. The van der Waals surface area contributed by atoms with Gasteiger partial charge in [0.15, 0.2) is 5.76 Å². The van der Waals surface area contributed by atoms with E-state index < -0.39 is 0 Å². The van der Waals surface area contributed by atoms with Gasteiger partial charge in [0.2, 0.25) is 5.95 Å². The molecule has 3 aromatic heterocycles. The summed E-state index contributed by atoms with van der Waals surface area (Å²) in [5.74, 6) is 1.22. The van der Waals surface area contributed by atoms with E-state index in [0.29, 0.717) is 11.7 Å². The molecule has 0 saturated carbocycles. The zero-order valence-electron chi connectivity index (χ0n) is 14.4. The molecular weight excluding hydrogens is 318 g/mol. The summed E-state index contributed by atoms with van der Waals surface area (Å²) in [5, 5.41) is 7.19.